The third-order valence-corrected chi connectivity index (χ3v) is 6.62. The number of nitrogens with one attached hydrogen (secondary N) is 1. The number of nitrogens with zero attached hydrogens (tertiary/aromatic N) is 2. The van der Waals surface area contributed by atoms with E-state index in [2.05, 4.69) is 29.3 Å². The number of nitrogens with two attached hydrogens (primary N) is 1. The molecule has 2 aromatic rings. The van der Waals surface area contributed by atoms with Crippen molar-refractivity contribution in [1.29, 1.82) is 0 Å². The maximum absolute atomic E-state index is 12.9. The minimum atomic E-state index is -0.200. The van der Waals surface area contributed by atoms with Crippen molar-refractivity contribution >= 4 is 11.8 Å². The fraction of sp³-hybridized carbons (Fsp3) is 0.440. The summed E-state index contributed by atoms with van der Waals surface area (Å²) >= 11 is 0. The highest BCUT2D eigenvalue weighted by molar-refractivity contribution is 6.21. The number of fused-ring (bicyclic) bond motifs is 1. The summed E-state index contributed by atoms with van der Waals surface area (Å²) in [5, 5.41) is 3.76. The Balaban J connectivity index is 1.46. The van der Waals surface area contributed by atoms with Gasteiger partial charge in [-0.15, -0.1) is 0 Å². The fourth-order valence-electron chi connectivity index (χ4n) is 4.74. The van der Waals surface area contributed by atoms with E-state index in [1.165, 1.54) is 4.90 Å². The quantitative estimate of drug-likeness (QED) is 0.642. The molecule has 1 fully saturated rings. The minimum absolute atomic E-state index is 0.0959. The number of hydrogen-bond donors (Lipinski definition) is 2. The number of amides is 2. The van der Waals surface area contributed by atoms with Gasteiger partial charge in [-0.2, -0.15) is 0 Å². The predicted molar refractivity (Wildman–Crippen MR) is 122 cm³/mol. The van der Waals surface area contributed by atoms with Gasteiger partial charge in [0.2, 0.25) is 0 Å². The van der Waals surface area contributed by atoms with Crippen LogP contribution in [0.25, 0.3) is 0 Å². The topological polar surface area (TPSA) is 78.7 Å². The van der Waals surface area contributed by atoms with Gasteiger partial charge < -0.3 is 16.0 Å². The molecule has 1 saturated heterocycles. The summed E-state index contributed by atoms with van der Waals surface area (Å²) < 4.78 is 0. The van der Waals surface area contributed by atoms with E-state index in [1.807, 2.05) is 18.2 Å². The molecule has 2 atom stereocenters. The van der Waals surface area contributed by atoms with Gasteiger partial charge >= 0.3 is 0 Å². The second-order valence-corrected chi connectivity index (χ2v) is 8.63. The molecule has 164 valence electrons. The van der Waals surface area contributed by atoms with Crippen LogP contribution in [0.4, 0.5) is 0 Å². The molecule has 0 radical (unpaired) electrons. The van der Waals surface area contributed by atoms with Crippen molar-refractivity contribution in [2.24, 2.45) is 5.73 Å². The molecule has 1 unspecified atom stereocenters. The van der Waals surface area contributed by atoms with Gasteiger partial charge in [-0.05, 0) is 63.5 Å². The molecule has 2 aromatic carbocycles. The molecule has 2 heterocycles. The van der Waals surface area contributed by atoms with E-state index in [1.54, 1.807) is 24.3 Å². The number of carbonyl (C=O) groups excluding carboxylic acids is 2. The van der Waals surface area contributed by atoms with Crippen molar-refractivity contribution in [1.82, 2.24) is 15.1 Å². The largest absolute Gasteiger partial charge is 0.330 e. The fourth-order valence-corrected chi connectivity index (χ4v) is 4.74. The molecule has 2 aliphatic heterocycles. The van der Waals surface area contributed by atoms with E-state index in [0.717, 1.165) is 44.5 Å². The lowest BCUT2D eigenvalue weighted by molar-refractivity contribution is 0.0630. The van der Waals surface area contributed by atoms with Gasteiger partial charge in [-0.25, -0.2) is 0 Å². The molecule has 0 bridgehead atoms. The average Bonchev–Trinajstić information content (AvgIpc) is 3.05. The van der Waals surface area contributed by atoms with E-state index < -0.39 is 0 Å². The van der Waals surface area contributed by atoms with Gasteiger partial charge in [0.15, 0.2) is 0 Å². The van der Waals surface area contributed by atoms with Crippen LogP contribution in [0, 0.1) is 0 Å². The van der Waals surface area contributed by atoms with Crippen LogP contribution in [0.3, 0.4) is 0 Å². The summed E-state index contributed by atoms with van der Waals surface area (Å²) in [6, 6.07) is 18.0. The van der Waals surface area contributed by atoms with Crippen LogP contribution in [0.1, 0.15) is 58.5 Å². The molecule has 0 aliphatic carbocycles. The van der Waals surface area contributed by atoms with E-state index in [4.69, 9.17) is 5.73 Å². The van der Waals surface area contributed by atoms with Crippen LogP contribution < -0.4 is 11.1 Å². The highest BCUT2D eigenvalue weighted by Gasteiger charge is 2.37. The first-order valence-corrected chi connectivity index (χ1v) is 11.3. The molecule has 0 aromatic heterocycles. The molecule has 6 heteroatoms. The molecule has 6 nitrogen and oxygen atoms in total. The van der Waals surface area contributed by atoms with E-state index in [-0.39, 0.29) is 17.9 Å². The summed E-state index contributed by atoms with van der Waals surface area (Å²) in [5.41, 5.74) is 7.83. The van der Waals surface area contributed by atoms with Crippen LogP contribution in [0.5, 0.6) is 0 Å². The molecule has 0 saturated carbocycles. The van der Waals surface area contributed by atoms with Crippen molar-refractivity contribution in [3.8, 4) is 0 Å². The van der Waals surface area contributed by atoms with Crippen molar-refractivity contribution in [2.75, 3.05) is 26.2 Å². The molecule has 4 rings (SSSR count). The highest BCUT2D eigenvalue weighted by Crippen LogP contribution is 2.26. The Kier molecular flexibility index (Phi) is 6.80. The van der Waals surface area contributed by atoms with Gasteiger partial charge in [0.05, 0.1) is 17.2 Å². The summed E-state index contributed by atoms with van der Waals surface area (Å²) in [7, 11) is 0. The maximum Gasteiger partial charge on any atom is 0.261 e. The molecule has 2 aliphatic rings. The first-order chi connectivity index (χ1) is 15.1. The van der Waals surface area contributed by atoms with Crippen molar-refractivity contribution in [3.63, 3.8) is 0 Å². The first kappa shape index (κ1) is 21.7. The van der Waals surface area contributed by atoms with Crippen LogP contribution in [-0.4, -0.2) is 59.9 Å². The summed E-state index contributed by atoms with van der Waals surface area (Å²) in [5.74, 6) is -0.400. The van der Waals surface area contributed by atoms with E-state index in [0.29, 0.717) is 29.8 Å². The predicted octanol–water partition coefficient (Wildman–Crippen LogP) is 2.82. The first-order valence-electron chi connectivity index (χ1n) is 11.3. The zero-order valence-electron chi connectivity index (χ0n) is 18.2. The molecule has 3 N–H and O–H groups in total. The van der Waals surface area contributed by atoms with Crippen LogP contribution >= 0.6 is 0 Å². The van der Waals surface area contributed by atoms with Crippen molar-refractivity contribution < 1.29 is 9.59 Å². The van der Waals surface area contributed by atoms with E-state index >= 15 is 0 Å². The zero-order chi connectivity index (χ0) is 21.8. The lowest BCUT2D eigenvalue weighted by atomic mass is 9.99. The summed E-state index contributed by atoms with van der Waals surface area (Å²) in [6.45, 7) is 5.37. The second-order valence-electron chi connectivity index (χ2n) is 8.63. The van der Waals surface area contributed by atoms with Crippen LogP contribution in [0.2, 0.25) is 0 Å². The molecular formula is C25H32N4O2. The van der Waals surface area contributed by atoms with Gasteiger partial charge in [-0.1, -0.05) is 42.5 Å². The molecule has 2 amide bonds. The summed E-state index contributed by atoms with van der Waals surface area (Å²) in [6.07, 6.45) is 3.10. The Morgan fingerprint density at radius 1 is 0.968 bits per heavy atom. The number of rotatable bonds is 8. The van der Waals surface area contributed by atoms with Gasteiger partial charge in [0, 0.05) is 18.6 Å². The second kappa shape index (κ2) is 9.73. The SMILES string of the molecule is C[C@H](CCN)N1CCC(NC(CN2C(=O)c3ccccc3C2=O)c2ccccc2)CC1. The van der Waals surface area contributed by atoms with E-state index in [9.17, 15) is 9.59 Å². The Morgan fingerprint density at radius 3 is 2.13 bits per heavy atom. The average molecular weight is 421 g/mol. The smallest absolute Gasteiger partial charge is 0.261 e. The van der Waals surface area contributed by atoms with Crippen molar-refractivity contribution in [3.05, 3.63) is 71.3 Å². The van der Waals surface area contributed by atoms with Gasteiger partial charge in [-0.3, -0.25) is 14.5 Å². The van der Waals surface area contributed by atoms with Crippen molar-refractivity contribution in [2.45, 2.75) is 44.3 Å². The third-order valence-electron chi connectivity index (χ3n) is 6.62. The standard InChI is InChI=1S/C25H32N4O2/c1-18(11-14-26)28-15-12-20(13-16-28)27-23(19-7-3-2-4-8-19)17-29-24(30)21-9-5-6-10-22(21)25(29)31/h2-10,18,20,23,27H,11-17,26H2,1H3/t18-,23?/m1/s1. The summed E-state index contributed by atoms with van der Waals surface area (Å²) in [4.78, 5) is 29.7. The Bertz CT molecular complexity index is 874. The van der Waals surface area contributed by atoms with Gasteiger partial charge in [0.1, 0.15) is 0 Å². The minimum Gasteiger partial charge on any atom is -0.330 e. The Labute approximate surface area is 184 Å². The Morgan fingerprint density at radius 2 is 1.55 bits per heavy atom. The third kappa shape index (κ3) is 4.71. The number of piperidine rings is 1. The van der Waals surface area contributed by atoms with Gasteiger partial charge in [0.25, 0.3) is 11.8 Å². The van der Waals surface area contributed by atoms with Crippen LogP contribution in [0.15, 0.2) is 54.6 Å². The molecule has 31 heavy (non-hydrogen) atoms. The normalized spacial score (nSPS) is 19.5. The Hall–Kier alpha value is -2.54. The number of imide groups is 1. The number of benzene rings is 2. The zero-order valence-corrected chi connectivity index (χ0v) is 18.2. The highest BCUT2D eigenvalue weighted by atomic mass is 16.2. The lowest BCUT2D eigenvalue weighted by Crippen LogP contribution is -2.49. The monoisotopic (exact) mass is 420 g/mol. The molecule has 0 spiro atoms. The number of carbonyl (C=O) groups is 2. The number of likely N-dealkylation sites (tertiary alicyclic amines) is 1. The lowest BCUT2D eigenvalue weighted by Gasteiger charge is -2.38. The maximum atomic E-state index is 12.9. The van der Waals surface area contributed by atoms with Crippen LogP contribution in [-0.2, 0) is 0 Å². The number of hydrogen-bond acceptors (Lipinski definition) is 5. The molecular weight excluding hydrogens is 388 g/mol.